The van der Waals surface area contributed by atoms with E-state index in [-0.39, 0.29) is 5.91 Å². The normalized spacial score (nSPS) is 32.9. The Morgan fingerprint density at radius 1 is 1.42 bits per heavy atom. The molecule has 1 aliphatic heterocycles. The van der Waals surface area contributed by atoms with E-state index in [9.17, 15) is 4.79 Å². The number of carbonyl (C=O) groups is 1. The Bertz CT molecular complexity index is 545. The average Bonchev–Trinajstić information content (AvgIpc) is 2.65. The lowest BCUT2D eigenvalue weighted by Gasteiger charge is -2.47. The van der Waals surface area contributed by atoms with Crippen LogP contribution in [0.1, 0.15) is 30.6 Å². The van der Waals surface area contributed by atoms with Gasteiger partial charge in [0, 0.05) is 13.1 Å². The van der Waals surface area contributed by atoms with E-state index in [1.165, 1.54) is 6.42 Å². The molecule has 1 heterocycles. The van der Waals surface area contributed by atoms with E-state index in [0.29, 0.717) is 32.9 Å². The lowest BCUT2D eigenvalue weighted by atomic mass is 9.56. The highest BCUT2D eigenvalue weighted by Gasteiger charge is 2.55. The minimum absolute atomic E-state index is 0.00956. The van der Waals surface area contributed by atoms with Gasteiger partial charge in [-0.15, -0.1) is 0 Å². The van der Waals surface area contributed by atoms with Crippen LogP contribution in [0, 0.1) is 17.3 Å². The first kappa shape index (κ1) is 13.3. The second kappa shape index (κ2) is 4.39. The summed E-state index contributed by atoms with van der Waals surface area (Å²) in [6, 6.07) is 5.23. The van der Waals surface area contributed by atoms with Crippen molar-refractivity contribution < 1.29 is 4.79 Å². The minimum Gasteiger partial charge on any atom is -0.338 e. The largest absolute Gasteiger partial charge is 0.338 e. The summed E-state index contributed by atoms with van der Waals surface area (Å²) in [7, 11) is 0. The molecule has 3 atom stereocenters. The summed E-state index contributed by atoms with van der Waals surface area (Å²) in [6.45, 7) is 6.25. The van der Waals surface area contributed by atoms with Gasteiger partial charge in [-0.05, 0) is 35.8 Å². The molecule has 1 aliphatic carbocycles. The van der Waals surface area contributed by atoms with E-state index in [1.54, 1.807) is 18.2 Å². The topological polar surface area (TPSA) is 20.3 Å². The van der Waals surface area contributed by atoms with Crippen LogP contribution < -0.4 is 0 Å². The molecule has 19 heavy (non-hydrogen) atoms. The number of benzene rings is 1. The van der Waals surface area contributed by atoms with Gasteiger partial charge in [0.25, 0.3) is 5.91 Å². The van der Waals surface area contributed by atoms with Crippen LogP contribution in [0.2, 0.25) is 10.0 Å². The first-order valence-corrected chi connectivity index (χ1v) is 7.42. The smallest absolute Gasteiger partial charge is 0.255 e. The standard InChI is InChI=1S/C15H17Cl2NO/c1-9-6-10-7-18(8-15(9,10)2)14(19)11-4-3-5-12(16)13(11)17/h3-5,9-10H,6-8H2,1-2H3/t9?,10-,15+/m0/s1. The van der Waals surface area contributed by atoms with E-state index in [4.69, 9.17) is 23.2 Å². The van der Waals surface area contributed by atoms with Crippen LogP contribution in [0.15, 0.2) is 18.2 Å². The Morgan fingerprint density at radius 2 is 2.16 bits per heavy atom. The fraction of sp³-hybridized carbons (Fsp3) is 0.533. The predicted molar refractivity (Wildman–Crippen MR) is 77.7 cm³/mol. The second-order valence-corrected chi connectivity index (χ2v) is 6.91. The lowest BCUT2D eigenvalue weighted by Crippen LogP contribution is -2.44. The fourth-order valence-electron chi connectivity index (χ4n) is 3.51. The first-order valence-electron chi connectivity index (χ1n) is 6.67. The maximum absolute atomic E-state index is 12.6. The molecule has 3 rings (SSSR count). The molecule has 0 radical (unpaired) electrons. The van der Waals surface area contributed by atoms with Gasteiger partial charge in [0.2, 0.25) is 0 Å². The van der Waals surface area contributed by atoms with E-state index >= 15 is 0 Å². The van der Waals surface area contributed by atoms with Crippen molar-refractivity contribution in [3.05, 3.63) is 33.8 Å². The van der Waals surface area contributed by atoms with Gasteiger partial charge in [0.15, 0.2) is 0 Å². The van der Waals surface area contributed by atoms with Crippen molar-refractivity contribution in [2.75, 3.05) is 13.1 Å². The SMILES string of the molecule is CC1C[C@H]2CN(C(=O)c3cccc(Cl)c3Cl)C[C@]12C. The molecule has 0 spiro atoms. The maximum atomic E-state index is 12.6. The lowest BCUT2D eigenvalue weighted by molar-refractivity contribution is 0.0215. The zero-order valence-electron chi connectivity index (χ0n) is 11.1. The van der Waals surface area contributed by atoms with Crippen LogP contribution in [0.25, 0.3) is 0 Å². The molecule has 0 bridgehead atoms. The van der Waals surface area contributed by atoms with Crippen LogP contribution in [0.3, 0.4) is 0 Å². The van der Waals surface area contributed by atoms with Crippen LogP contribution in [0.4, 0.5) is 0 Å². The summed E-state index contributed by atoms with van der Waals surface area (Å²) in [5.74, 6) is 1.35. The molecule has 2 aliphatic rings. The Hall–Kier alpha value is -0.730. The zero-order chi connectivity index (χ0) is 13.8. The molecule has 1 amide bonds. The number of carbonyl (C=O) groups excluding carboxylic acids is 1. The van der Waals surface area contributed by atoms with Gasteiger partial charge in [-0.2, -0.15) is 0 Å². The number of amides is 1. The summed E-state index contributed by atoms with van der Waals surface area (Å²) in [4.78, 5) is 14.5. The summed E-state index contributed by atoms with van der Waals surface area (Å²) in [5.41, 5.74) is 0.812. The summed E-state index contributed by atoms with van der Waals surface area (Å²) < 4.78 is 0. The van der Waals surface area contributed by atoms with Gasteiger partial charge >= 0.3 is 0 Å². The van der Waals surface area contributed by atoms with Crippen molar-refractivity contribution in [1.82, 2.24) is 4.90 Å². The predicted octanol–water partition coefficient (Wildman–Crippen LogP) is 4.11. The number of hydrogen-bond acceptors (Lipinski definition) is 1. The number of nitrogens with zero attached hydrogens (tertiary/aromatic N) is 1. The number of hydrogen-bond donors (Lipinski definition) is 0. The van der Waals surface area contributed by atoms with Gasteiger partial charge in [-0.3, -0.25) is 4.79 Å². The Kier molecular flexibility index (Phi) is 3.06. The van der Waals surface area contributed by atoms with Crippen LogP contribution >= 0.6 is 23.2 Å². The Labute approximate surface area is 123 Å². The highest BCUT2D eigenvalue weighted by Crippen LogP contribution is 2.55. The fourth-order valence-corrected chi connectivity index (χ4v) is 3.89. The highest BCUT2D eigenvalue weighted by molar-refractivity contribution is 6.43. The molecular weight excluding hydrogens is 281 g/mol. The molecule has 2 fully saturated rings. The molecule has 102 valence electrons. The number of rotatable bonds is 1. The van der Waals surface area contributed by atoms with Crippen LogP contribution in [0.5, 0.6) is 0 Å². The van der Waals surface area contributed by atoms with Crippen molar-refractivity contribution in [3.8, 4) is 0 Å². The highest BCUT2D eigenvalue weighted by atomic mass is 35.5. The summed E-state index contributed by atoms with van der Waals surface area (Å²) >= 11 is 12.1. The minimum atomic E-state index is 0.00956. The molecular formula is C15H17Cl2NO. The van der Waals surface area contributed by atoms with Crippen molar-refractivity contribution in [2.24, 2.45) is 17.3 Å². The third-order valence-electron chi connectivity index (χ3n) is 5.14. The maximum Gasteiger partial charge on any atom is 0.255 e. The number of likely N-dealkylation sites (tertiary alicyclic amines) is 1. The zero-order valence-corrected chi connectivity index (χ0v) is 12.6. The first-order chi connectivity index (χ1) is 8.93. The van der Waals surface area contributed by atoms with Gasteiger partial charge < -0.3 is 4.90 Å². The monoisotopic (exact) mass is 297 g/mol. The molecule has 4 heteroatoms. The van der Waals surface area contributed by atoms with Crippen molar-refractivity contribution in [1.29, 1.82) is 0 Å². The van der Waals surface area contributed by atoms with Gasteiger partial charge in [-0.25, -0.2) is 0 Å². The molecule has 2 nitrogen and oxygen atoms in total. The third kappa shape index (κ3) is 1.88. The molecule has 1 aromatic carbocycles. The van der Waals surface area contributed by atoms with E-state index in [1.807, 2.05) is 4.90 Å². The molecule has 1 unspecified atom stereocenters. The van der Waals surface area contributed by atoms with E-state index in [0.717, 1.165) is 13.1 Å². The summed E-state index contributed by atoms with van der Waals surface area (Å²) in [6.07, 6.45) is 1.23. The number of halogens is 2. The van der Waals surface area contributed by atoms with E-state index < -0.39 is 0 Å². The van der Waals surface area contributed by atoms with Crippen molar-refractivity contribution in [2.45, 2.75) is 20.3 Å². The molecule has 1 aromatic rings. The van der Waals surface area contributed by atoms with Crippen molar-refractivity contribution >= 4 is 29.1 Å². The summed E-state index contributed by atoms with van der Waals surface area (Å²) in [5, 5.41) is 0.806. The molecule has 1 saturated carbocycles. The second-order valence-electron chi connectivity index (χ2n) is 6.13. The number of fused-ring (bicyclic) bond motifs is 1. The third-order valence-corrected chi connectivity index (χ3v) is 5.96. The van der Waals surface area contributed by atoms with Gasteiger partial charge in [-0.1, -0.05) is 43.1 Å². The van der Waals surface area contributed by atoms with Crippen LogP contribution in [-0.2, 0) is 0 Å². The van der Waals surface area contributed by atoms with Gasteiger partial charge in [0.1, 0.15) is 0 Å². The average molecular weight is 298 g/mol. The Balaban J connectivity index is 1.85. The van der Waals surface area contributed by atoms with Crippen molar-refractivity contribution in [3.63, 3.8) is 0 Å². The quantitative estimate of drug-likeness (QED) is 0.764. The molecule has 0 aromatic heterocycles. The molecule has 0 N–H and O–H groups in total. The van der Waals surface area contributed by atoms with E-state index in [2.05, 4.69) is 13.8 Å². The Morgan fingerprint density at radius 3 is 2.79 bits per heavy atom. The van der Waals surface area contributed by atoms with Crippen LogP contribution in [-0.4, -0.2) is 23.9 Å². The van der Waals surface area contributed by atoms with Gasteiger partial charge in [0.05, 0.1) is 15.6 Å². The molecule has 1 saturated heterocycles.